The summed E-state index contributed by atoms with van der Waals surface area (Å²) in [5.41, 5.74) is 0.583. The highest BCUT2D eigenvalue weighted by Gasteiger charge is 2.24. The highest BCUT2D eigenvalue weighted by Crippen LogP contribution is 2.23. The molecular weight excluding hydrogens is 288 g/mol. The summed E-state index contributed by atoms with van der Waals surface area (Å²) >= 11 is 1.88. The van der Waals surface area contributed by atoms with Crippen LogP contribution in [-0.4, -0.2) is 57.7 Å². The van der Waals surface area contributed by atoms with Crippen molar-refractivity contribution in [1.82, 2.24) is 9.88 Å². The summed E-state index contributed by atoms with van der Waals surface area (Å²) in [6, 6.07) is 3.42. The number of hydrogen-bond donors (Lipinski definition) is 1. The number of piperidine rings is 1. The van der Waals surface area contributed by atoms with Crippen LogP contribution in [0.15, 0.2) is 18.3 Å². The molecule has 1 amide bonds. The lowest BCUT2D eigenvalue weighted by atomic mass is 10.1. The Labute approximate surface area is 128 Å². The normalized spacial score (nSPS) is 25.9. The van der Waals surface area contributed by atoms with Gasteiger partial charge in [0.15, 0.2) is 0 Å². The van der Waals surface area contributed by atoms with Crippen LogP contribution in [0.3, 0.4) is 0 Å². The number of pyridine rings is 1. The Kier molecular flexibility index (Phi) is 4.65. The van der Waals surface area contributed by atoms with Gasteiger partial charge >= 0.3 is 0 Å². The Balaban J connectivity index is 1.68. The minimum Gasteiger partial charge on any atom is -0.473 e. The molecule has 1 aromatic rings. The maximum absolute atomic E-state index is 12.5. The highest BCUT2D eigenvalue weighted by atomic mass is 32.2. The molecule has 3 rings (SSSR count). The van der Waals surface area contributed by atoms with Gasteiger partial charge in [-0.15, -0.1) is 0 Å². The van der Waals surface area contributed by atoms with Crippen molar-refractivity contribution in [3.8, 4) is 5.88 Å². The molecule has 2 fully saturated rings. The number of likely N-dealkylation sites (tertiary alicyclic amines) is 1. The first-order chi connectivity index (χ1) is 10.2. The molecule has 2 aliphatic rings. The smallest absolute Gasteiger partial charge is 0.254 e. The number of aliphatic hydroxyl groups excluding tert-OH is 1. The molecule has 5 nitrogen and oxygen atoms in total. The Morgan fingerprint density at radius 1 is 1.48 bits per heavy atom. The zero-order valence-corrected chi connectivity index (χ0v) is 12.7. The van der Waals surface area contributed by atoms with Crippen molar-refractivity contribution in [2.24, 2.45) is 0 Å². The SMILES string of the molecule is O=C(c1ccnc(OC2CCSC2)c1)N1CCCC(O)C1. The van der Waals surface area contributed by atoms with Gasteiger partial charge in [-0.2, -0.15) is 11.8 Å². The summed E-state index contributed by atoms with van der Waals surface area (Å²) in [4.78, 5) is 18.4. The van der Waals surface area contributed by atoms with Crippen molar-refractivity contribution < 1.29 is 14.6 Å². The fourth-order valence-corrected chi connectivity index (χ4v) is 3.80. The third-order valence-electron chi connectivity index (χ3n) is 3.84. The van der Waals surface area contributed by atoms with Crippen LogP contribution in [0.25, 0.3) is 0 Å². The fraction of sp³-hybridized carbons (Fsp3) is 0.600. The average Bonchev–Trinajstić information content (AvgIpc) is 3.00. The van der Waals surface area contributed by atoms with Gasteiger partial charge in [0.05, 0.1) is 6.10 Å². The first kappa shape index (κ1) is 14.7. The summed E-state index contributed by atoms with van der Waals surface area (Å²) in [6.45, 7) is 1.12. The van der Waals surface area contributed by atoms with Gasteiger partial charge in [-0.05, 0) is 31.1 Å². The summed E-state index contributed by atoms with van der Waals surface area (Å²) < 4.78 is 5.82. The van der Waals surface area contributed by atoms with E-state index in [9.17, 15) is 9.90 Å². The van der Waals surface area contributed by atoms with Gasteiger partial charge in [0.1, 0.15) is 6.10 Å². The largest absolute Gasteiger partial charge is 0.473 e. The summed E-state index contributed by atoms with van der Waals surface area (Å²) in [7, 11) is 0. The van der Waals surface area contributed by atoms with E-state index in [0.717, 1.165) is 30.8 Å². The molecule has 6 heteroatoms. The van der Waals surface area contributed by atoms with E-state index in [1.165, 1.54) is 0 Å². The lowest BCUT2D eigenvalue weighted by Crippen LogP contribution is -2.42. The molecule has 0 radical (unpaired) electrons. The number of ether oxygens (including phenoxy) is 1. The standard InChI is InChI=1S/C15H20N2O3S/c18-12-2-1-6-17(9-12)15(19)11-3-5-16-14(8-11)20-13-4-7-21-10-13/h3,5,8,12-13,18H,1-2,4,6-7,9-10H2. The quantitative estimate of drug-likeness (QED) is 0.918. The van der Waals surface area contributed by atoms with Crippen LogP contribution in [0.5, 0.6) is 5.88 Å². The molecule has 114 valence electrons. The first-order valence-electron chi connectivity index (χ1n) is 7.40. The van der Waals surface area contributed by atoms with Gasteiger partial charge in [0, 0.05) is 36.7 Å². The lowest BCUT2D eigenvalue weighted by molar-refractivity contribution is 0.0473. The summed E-state index contributed by atoms with van der Waals surface area (Å²) in [5.74, 6) is 2.57. The van der Waals surface area contributed by atoms with Crippen molar-refractivity contribution in [2.75, 3.05) is 24.6 Å². The Morgan fingerprint density at radius 3 is 3.14 bits per heavy atom. The van der Waals surface area contributed by atoms with E-state index < -0.39 is 6.10 Å². The second-order valence-corrected chi connectivity index (χ2v) is 6.68. The summed E-state index contributed by atoms with van der Waals surface area (Å²) in [5, 5.41) is 9.69. The van der Waals surface area contributed by atoms with Crippen molar-refractivity contribution in [3.05, 3.63) is 23.9 Å². The monoisotopic (exact) mass is 308 g/mol. The van der Waals surface area contributed by atoms with Crippen molar-refractivity contribution in [1.29, 1.82) is 0 Å². The van der Waals surface area contributed by atoms with Crippen LogP contribution < -0.4 is 4.74 Å². The number of thioether (sulfide) groups is 1. The van der Waals surface area contributed by atoms with Crippen molar-refractivity contribution >= 4 is 17.7 Å². The molecular formula is C15H20N2O3S. The maximum Gasteiger partial charge on any atom is 0.254 e. The predicted molar refractivity (Wildman–Crippen MR) is 81.7 cm³/mol. The van der Waals surface area contributed by atoms with Gasteiger partial charge in [-0.25, -0.2) is 4.98 Å². The third kappa shape index (κ3) is 3.68. The number of carbonyl (C=O) groups excluding carboxylic acids is 1. The number of nitrogens with zero attached hydrogens (tertiary/aromatic N) is 2. The molecule has 2 saturated heterocycles. The number of amides is 1. The molecule has 2 aliphatic heterocycles. The van der Waals surface area contributed by atoms with Gasteiger partial charge in [-0.1, -0.05) is 0 Å². The number of β-amino-alcohol motifs (C(OH)–C–C–N with tert-alkyl or cyclic N) is 1. The van der Waals surface area contributed by atoms with Gasteiger partial charge < -0.3 is 14.7 Å². The van der Waals surface area contributed by atoms with Gasteiger partial charge in [-0.3, -0.25) is 4.79 Å². The van der Waals surface area contributed by atoms with E-state index in [4.69, 9.17) is 4.74 Å². The number of aliphatic hydroxyl groups is 1. The molecule has 2 unspecified atom stereocenters. The minimum atomic E-state index is -0.407. The van der Waals surface area contributed by atoms with E-state index in [2.05, 4.69) is 4.98 Å². The molecule has 0 aromatic carbocycles. The van der Waals surface area contributed by atoms with E-state index in [1.54, 1.807) is 23.2 Å². The second-order valence-electron chi connectivity index (χ2n) is 5.53. The van der Waals surface area contributed by atoms with E-state index >= 15 is 0 Å². The van der Waals surface area contributed by atoms with Crippen LogP contribution in [0.1, 0.15) is 29.6 Å². The molecule has 0 saturated carbocycles. The second kappa shape index (κ2) is 6.66. The maximum atomic E-state index is 12.5. The Morgan fingerprint density at radius 2 is 2.38 bits per heavy atom. The van der Waals surface area contributed by atoms with E-state index in [1.807, 2.05) is 11.8 Å². The van der Waals surface area contributed by atoms with Gasteiger partial charge in [0.25, 0.3) is 5.91 Å². The third-order valence-corrected chi connectivity index (χ3v) is 4.97. The van der Waals surface area contributed by atoms with Crippen LogP contribution in [-0.2, 0) is 0 Å². The molecule has 1 aromatic heterocycles. The van der Waals surface area contributed by atoms with Crippen molar-refractivity contribution in [3.63, 3.8) is 0 Å². The number of hydrogen-bond acceptors (Lipinski definition) is 5. The predicted octanol–water partition coefficient (Wildman–Crippen LogP) is 1.56. The fourth-order valence-electron chi connectivity index (χ4n) is 2.71. The summed E-state index contributed by atoms with van der Waals surface area (Å²) in [6.07, 6.45) is 4.06. The minimum absolute atomic E-state index is 0.0539. The first-order valence-corrected chi connectivity index (χ1v) is 8.55. The molecule has 21 heavy (non-hydrogen) atoms. The van der Waals surface area contributed by atoms with Gasteiger partial charge in [0.2, 0.25) is 5.88 Å². The highest BCUT2D eigenvalue weighted by molar-refractivity contribution is 7.99. The molecule has 3 heterocycles. The van der Waals surface area contributed by atoms with Crippen molar-refractivity contribution in [2.45, 2.75) is 31.5 Å². The molecule has 1 N–H and O–H groups in total. The lowest BCUT2D eigenvalue weighted by Gasteiger charge is -2.30. The van der Waals surface area contributed by atoms with Crippen LogP contribution in [0, 0.1) is 0 Å². The van der Waals surface area contributed by atoms with Crippen LogP contribution >= 0.6 is 11.8 Å². The van der Waals surface area contributed by atoms with E-state index in [0.29, 0.717) is 24.5 Å². The number of rotatable bonds is 3. The molecule has 0 bridgehead atoms. The molecule has 2 atom stereocenters. The Hall–Kier alpha value is -1.27. The topological polar surface area (TPSA) is 62.7 Å². The molecule has 0 spiro atoms. The Bertz CT molecular complexity index is 505. The zero-order chi connectivity index (χ0) is 14.7. The molecule has 0 aliphatic carbocycles. The number of aromatic nitrogens is 1. The van der Waals surface area contributed by atoms with Crippen LogP contribution in [0.2, 0.25) is 0 Å². The number of carbonyl (C=O) groups is 1. The zero-order valence-electron chi connectivity index (χ0n) is 11.9. The average molecular weight is 308 g/mol. The van der Waals surface area contributed by atoms with Crippen LogP contribution in [0.4, 0.5) is 0 Å². The van der Waals surface area contributed by atoms with E-state index in [-0.39, 0.29) is 12.0 Å².